The van der Waals surface area contributed by atoms with Crippen molar-refractivity contribution < 1.29 is 5.11 Å². The van der Waals surface area contributed by atoms with Crippen molar-refractivity contribution in [2.24, 2.45) is 5.73 Å². The zero-order valence-corrected chi connectivity index (χ0v) is 7.42. The van der Waals surface area contributed by atoms with Crippen molar-refractivity contribution in [1.82, 2.24) is 4.90 Å². The Morgan fingerprint density at radius 3 is 2.45 bits per heavy atom. The van der Waals surface area contributed by atoms with Crippen LogP contribution in [0.2, 0.25) is 0 Å². The summed E-state index contributed by atoms with van der Waals surface area (Å²) in [6.07, 6.45) is 2.02. The summed E-state index contributed by atoms with van der Waals surface area (Å²) in [5.41, 5.74) is 5.43. The molecule has 0 aromatic heterocycles. The molecule has 0 atom stereocenters. The number of aliphatic hydroxyl groups excluding tert-OH is 1. The SMILES string of the molecule is CCCN(CCN)CCCO. The number of aliphatic hydroxyl groups is 1. The minimum atomic E-state index is 0.283. The standard InChI is InChI=1S/C8H20N2O/c1-2-5-10(7-4-9)6-3-8-11/h11H,2-9H2,1H3. The minimum Gasteiger partial charge on any atom is -0.396 e. The maximum absolute atomic E-state index is 8.59. The first kappa shape index (κ1) is 10.9. The predicted octanol–water partition coefficient (Wildman–Crippen LogP) is 0.0395. The molecule has 0 saturated carbocycles. The topological polar surface area (TPSA) is 49.5 Å². The van der Waals surface area contributed by atoms with Crippen LogP contribution in [0.15, 0.2) is 0 Å². The molecule has 11 heavy (non-hydrogen) atoms. The van der Waals surface area contributed by atoms with Gasteiger partial charge in [-0.25, -0.2) is 0 Å². The lowest BCUT2D eigenvalue weighted by atomic mass is 10.3. The van der Waals surface area contributed by atoms with Gasteiger partial charge in [0.05, 0.1) is 0 Å². The van der Waals surface area contributed by atoms with E-state index in [2.05, 4.69) is 11.8 Å². The molecule has 3 heteroatoms. The van der Waals surface area contributed by atoms with Gasteiger partial charge in [-0.1, -0.05) is 6.92 Å². The number of nitrogens with zero attached hydrogens (tertiary/aromatic N) is 1. The van der Waals surface area contributed by atoms with Crippen LogP contribution in [-0.2, 0) is 0 Å². The predicted molar refractivity (Wildman–Crippen MR) is 47.5 cm³/mol. The fraction of sp³-hybridized carbons (Fsp3) is 1.00. The summed E-state index contributed by atoms with van der Waals surface area (Å²) in [5, 5.41) is 8.59. The van der Waals surface area contributed by atoms with E-state index in [0.29, 0.717) is 6.54 Å². The molecular weight excluding hydrogens is 140 g/mol. The number of hydrogen-bond donors (Lipinski definition) is 2. The number of hydrogen-bond acceptors (Lipinski definition) is 3. The van der Waals surface area contributed by atoms with Gasteiger partial charge in [0.2, 0.25) is 0 Å². The van der Waals surface area contributed by atoms with Crippen molar-refractivity contribution in [3.63, 3.8) is 0 Å². The van der Waals surface area contributed by atoms with Crippen molar-refractivity contribution in [3.8, 4) is 0 Å². The van der Waals surface area contributed by atoms with Crippen LogP contribution >= 0.6 is 0 Å². The second kappa shape index (κ2) is 7.98. The van der Waals surface area contributed by atoms with E-state index in [1.165, 1.54) is 0 Å². The normalized spacial score (nSPS) is 10.9. The molecule has 0 fully saturated rings. The number of rotatable bonds is 7. The van der Waals surface area contributed by atoms with E-state index in [0.717, 1.165) is 32.5 Å². The van der Waals surface area contributed by atoms with Gasteiger partial charge in [0.25, 0.3) is 0 Å². The molecular formula is C8H20N2O. The highest BCUT2D eigenvalue weighted by molar-refractivity contribution is 4.56. The van der Waals surface area contributed by atoms with Gasteiger partial charge in [0.1, 0.15) is 0 Å². The van der Waals surface area contributed by atoms with E-state index in [-0.39, 0.29) is 6.61 Å². The van der Waals surface area contributed by atoms with E-state index in [9.17, 15) is 0 Å². The van der Waals surface area contributed by atoms with Crippen molar-refractivity contribution in [3.05, 3.63) is 0 Å². The Kier molecular flexibility index (Phi) is 7.89. The Balaban J connectivity index is 3.34. The van der Waals surface area contributed by atoms with Gasteiger partial charge in [-0.05, 0) is 19.4 Å². The lowest BCUT2D eigenvalue weighted by Gasteiger charge is -2.19. The van der Waals surface area contributed by atoms with E-state index in [4.69, 9.17) is 10.8 Å². The molecule has 0 aliphatic heterocycles. The van der Waals surface area contributed by atoms with Crippen LogP contribution in [-0.4, -0.2) is 42.8 Å². The molecule has 0 amide bonds. The van der Waals surface area contributed by atoms with Crippen LogP contribution < -0.4 is 5.73 Å². The van der Waals surface area contributed by atoms with Crippen LogP contribution in [0, 0.1) is 0 Å². The molecule has 0 bridgehead atoms. The molecule has 0 aromatic rings. The first-order chi connectivity index (χ1) is 5.35. The van der Waals surface area contributed by atoms with E-state index < -0.39 is 0 Å². The first-order valence-electron chi connectivity index (χ1n) is 4.38. The highest BCUT2D eigenvalue weighted by Gasteiger charge is 2.00. The summed E-state index contributed by atoms with van der Waals surface area (Å²) in [6.45, 7) is 6.17. The zero-order chi connectivity index (χ0) is 8.53. The van der Waals surface area contributed by atoms with Crippen molar-refractivity contribution >= 4 is 0 Å². The molecule has 0 spiro atoms. The molecule has 0 aliphatic rings. The summed E-state index contributed by atoms with van der Waals surface area (Å²) in [5.74, 6) is 0. The summed E-state index contributed by atoms with van der Waals surface area (Å²) < 4.78 is 0. The second-order valence-electron chi connectivity index (χ2n) is 2.71. The van der Waals surface area contributed by atoms with Crippen LogP contribution in [0.3, 0.4) is 0 Å². The third kappa shape index (κ3) is 6.28. The van der Waals surface area contributed by atoms with Gasteiger partial charge in [-0.3, -0.25) is 0 Å². The average molecular weight is 160 g/mol. The lowest BCUT2D eigenvalue weighted by molar-refractivity contribution is 0.227. The highest BCUT2D eigenvalue weighted by Crippen LogP contribution is 1.91. The van der Waals surface area contributed by atoms with Crippen molar-refractivity contribution in [2.75, 3.05) is 32.8 Å². The molecule has 0 rings (SSSR count). The van der Waals surface area contributed by atoms with Crippen LogP contribution in [0.4, 0.5) is 0 Å². The van der Waals surface area contributed by atoms with Gasteiger partial charge < -0.3 is 15.7 Å². The van der Waals surface area contributed by atoms with Crippen LogP contribution in [0.25, 0.3) is 0 Å². The molecule has 0 saturated heterocycles. The molecule has 0 unspecified atom stereocenters. The van der Waals surface area contributed by atoms with Crippen LogP contribution in [0.1, 0.15) is 19.8 Å². The Morgan fingerprint density at radius 2 is 2.00 bits per heavy atom. The summed E-state index contributed by atoms with van der Waals surface area (Å²) in [4.78, 5) is 2.29. The molecule has 0 aliphatic carbocycles. The fourth-order valence-electron chi connectivity index (χ4n) is 1.13. The van der Waals surface area contributed by atoms with Gasteiger partial charge in [0, 0.05) is 26.2 Å². The third-order valence-electron chi connectivity index (χ3n) is 1.62. The monoisotopic (exact) mass is 160 g/mol. The maximum Gasteiger partial charge on any atom is 0.0443 e. The molecule has 3 nitrogen and oxygen atoms in total. The fourth-order valence-corrected chi connectivity index (χ4v) is 1.13. The Bertz CT molecular complexity index is 72.5. The van der Waals surface area contributed by atoms with Gasteiger partial charge in [0.15, 0.2) is 0 Å². The second-order valence-corrected chi connectivity index (χ2v) is 2.71. The minimum absolute atomic E-state index is 0.283. The molecule has 68 valence electrons. The van der Waals surface area contributed by atoms with E-state index in [1.54, 1.807) is 0 Å². The molecule has 0 radical (unpaired) electrons. The molecule has 3 N–H and O–H groups in total. The Morgan fingerprint density at radius 1 is 1.27 bits per heavy atom. The van der Waals surface area contributed by atoms with Crippen molar-refractivity contribution in [1.29, 1.82) is 0 Å². The molecule has 0 heterocycles. The quantitative estimate of drug-likeness (QED) is 0.553. The third-order valence-corrected chi connectivity index (χ3v) is 1.62. The lowest BCUT2D eigenvalue weighted by Crippen LogP contribution is -2.31. The summed E-state index contributed by atoms with van der Waals surface area (Å²) >= 11 is 0. The van der Waals surface area contributed by atoms with Gasteiger partial charge in [-0.15, -0.1) is 0 Å². The van der Waals surface area contributed by atoms with E-state index >= 15 is 0 Å². The maximum atomic E-state index is 8.59. The van der Waals surface area contributed by atoms with Gasteiger partial charge in [-0.2, -0.15) is 0 Å². The van der Waals surface area contributed by atoms with Crippen molar-refractivity contribution in [2.45, 2.75) is 19.8 Å². The summed E-state index contributed by atoms with van der Waals surface area (Å²) in [6, 6.07) is 0. The van der Waals surface area contributed by atoms with Gasteiger partial charge >= 0.3 is 0 Å². The highest BCUT2D eigenvalue weighted by atomic mass is 16.3. The van der Waals surface area contributed by atoms with Crippen LogP contribution in [0.5, 0.6) is 0 Å². The zero-order valence-electron chi connectivity index (χ0n) is 7.42. The molecule has 0 aromatic carbocycles. The Labute approximate surface area is 69.2 Å². The smallest absolute Gasteiger partial charge is 0.0443 e. The number of nitrogens with two attached hydrogens (primary N) is 1. The first-order valence-corrected chi connectivity index (χ1v) is 4.38. The van der Waals surface area contributed by atoms with E-state index in [1.807, 2.05) is 0 Å². The Hall–Kier alpha value is -0.120. The summed E-state index contributed by atoms with van der Waals surface area (Å²) in [7, 11) is 0. The average Bonchev–Trinajstić information content (AvgIpc) is 2.01. The largest absolute Gasteiger partial charge is 0.396 e.